The Kier molecular flexibility index (Phi) is 10.4. The number of anilines is 1. The number of rotatable bonds is 12. The largest absolute Gasteiger partial charge is 0.494 e. The van der Waals surface area contributed by atoms with Crippen LogP contribution in [0.3, 0.4) is 0 Å². The van der Waals surface area contributed by atoms with Crippen LogP contribution in [-0.4, -0.2) is 40.2 Å². The number of ether oxygens (including phenoxy) is 3. The first-order valence-corrected chi connectivity index (χ1v) is 14.9. The van der Waals surface area contributed by atoms with Gasteiger partial charge in [-0.3, -0.25) is 9.52 Å². The predicted octanol–water partition coefficient (Wildman–Crippen LogP) is 5.92. The number of hydrogen-bond acceptors (Lipinski definition) is 8. The molecule has 0 aromatic heterocycles. The van der Waals surface area contributed by atoms with Gasteiger partial charge in [0.1, 0.15) is 5.75 Å². The summed E-state index contributed by atoms with van der Waals surface area (Å²) in [6.45, 7) is 2.60. The van der Waals surface area contributed by atoms with Crippen molar-refractivity contribution in [3.63, 3.8) is 0 Å². The van der Waals surface area contributed by atoms with Gasteiger partial charge in [-0.15, -0.1) is 0 Å². The van der Waals surface area contributed by atoms with Crippen molar-refractivity contribution in [3.05, 3.63) is 113 Å². The molecule has 0 radical (unpaired) electrons. The lowest BCUT2D eigenvalue weighted by molar-refractivity contribution is 0.0729. The number of benzene rings is 4. The molecular weight excluding hydrogens is 594 g/mol. The molecule has 0 heterocycles. The van der Waals surface area contributed by atoms with Crippen molar-refractivity contribution < 1.29 is 32.2 Å². The number of amides is 1. The van der Waals surface area contributed by atoms with Crippen molar-refractivity contribution in [2.45, 2.75) is 18.2 Å². The number of carbonyl (C=O) groups excluding carboxylic acids is 2. The Hall–Kier alpha value is -4.87. The number of nitrogens with zero attached hydrogens (tertiary/aromatic N) is 1. The maximum atomic E-state index is 12.6. The van der Waals surface area contributed by atoms with Crippen LogP contribution in [0.5, 0.6) is 17.2 Å². The molecule has 0 unspecified atom stereocenters. The lowest BCUT2D eigenvalue weighted by atomic mass is 10.2. The average Bonchev–Trinajstić information content (AvgIpc) is 3.01. The van der Waals surface area contributed by atoms with E-state index in [4.69, 9.17) is 25.8 Å². The van der Waals surface area contributed by atoms with Crippen LogP contribution in [-0.2, 0) is 10.0 Å². The number of esters is 1. The second-order valence-corrected chi connectivity index (χ2v) is 11.1. The molecule has 0 fully saturated rings. The van der Waals surface area contributed by atoms with E-state index in [-0.39, 0.29) is 21.9 Å². The SMILES string of the molecule is CCCOc1ccc(C(=O)Oc2ccc(C=NNC(=O)c3ccc(NS(=O)(=O)c4ccc(Cl)cc4)cc3)cc2OC)cc1. The zero-order chi connectivity index (χ0) is 30.8. The topological polar surface area (TPSA) is 132 Å². The minimum Gasteiger partial charge on any atom is -0.494 e. The Bertz CT molecular complexity index is 1710. The summed E-state index contributed by atoms with van der Waals surface area (Å²) in [5.41, 5.74) is 3.88. The molecule has 0 aliphatic heterocycles. The van der Waals surface area contributed by atoms with E-state index in [2.05, 4.69) is 15.2 Å². The van der Waals surface area contributed by atoms with Gasteiger partial charge in [0.25, 0.3) is 15.9 Å². The Morgan fingerprint density at radius 2 is 1.56 bits per heavy atom. The first-order valence-electron chi connectivity index (χ1n) is 13.0. The second kappa shape index (κ2) is 14.3. The Labute approximate surface area is 254 Å². The van der Waals surface area contributed by atoms with Gasteiger partial charge in [-0.2, -0.15) is 5.10 Å². The van der Waals surface area contributed by atoms with Crippen LogP contribution in [0, 0.1) is 0 Å². The number of sulfonamides is 1. The van der Waals surface area contributed by atoms with Crippen molar-refractivity contribution in [3.8, 4) is 17.2 Å². The molecule has 4 aromatic rings. The molecule has 0 saturated carbocycles. The first-order chi connectivity index (χ1) is 20.7. The molecule has 1 amide bonds. The molecule has 4 rings (SSSR count). The third-order valence-corrected chi connectivity index (χ3v) is 7.51. The monoisotopic (exact) mass is 621 g/mol. The lowest BCUT2D eigenvalue weighted by Gasteiger charge is -2.10. The number of methoxy groups -OCH3 is 1. The van der Waals surface area contributed by atoms with Crippen molar-refractivity contribution in [2.24, 2.45) is 5.10 Å². The number of carbonyl (C=O) groups is 2. The van der Waals surface area contributed by atoms with E-state index < -0.39 is 21.9 Å². The van der Waals surface area contributed by atoms with Crippen LogP contribution in [0.25, 0.3) is 0 Å². The van der Waals surface area contributed by atoms with Crippen LogP contribution < -0.4 is 24.4 Å². The Morgan fingerprint density at radius 1 is 0.884 bits per heavy atom. The summed E-state index contributed by atoms with van der Waals surface area (Å²) in [5, 5.41) is 4.39. The fraction of sp³-hybridized carbons (Fsp3) is 0.129. The molecule has 10 nitrogen and oxygen atoms in total. The van der Waals surface area contributed by atoms with Gasteiger partial charge in [0, 0.05) is 16.3 Å². The highest BCUT2D eigenvalue weighted by Crippen LogP contribution is 2.28. The summed E-state index contributed by atoms with van der Waals surface area (Å²) in [7, 11) is -2.38. The molecule has 0 aliphatic rings. The Balaban J connectivity index is 1.33. The zero-order valence-electron chi connectivity index (χ0n) is 23.2. The van der Waals surface area contributed by atoms with Gasteiger partial charge in [0.05, 0.1) is 30.4 Å². The predicted molar refractivity (Wildman–Crippen MR) is 164 cm³/mol. The van der Waals surface area contributed by atoms with Gasteiger partial charge in [-0.1, -0.05) is 18.5 Å². The van der Waals surface area contributed by atoms with Crippen molar-refractivity contribution >= 4 is 45.4 Å². The van der Waals surface area contributed by atoms with E-state index in [0.29, 0.717) is 34.3 Å². The maximum absolute atomic E-state index is 12.6. The first kappa shape index (κ1) is 31.1. The molecule has 43 heavy (non-hydrogen) atoms. The molecule has 0 bridgehead atoms. The summed E-state index contributed by atoms with van der Waals surface area (Å²) >= 11 is 5.82. The van der Waals surface area contributed by atoms with Gasteiger partial charge in [-0.05, 0) is 103 Å². The van der Waals surface area contributed by atoms with E-state index in [9.17, 15) is 18.0 Å². The van der Waals surface area contributed by atoms with E-state index in [0.717, 1.165) is 6.42 Å². The molecule has 0 aliphatic carbocycles. The van der Waals surface area contributed by atoms with Gasteiger partial charge < -0.3 is 14.2 Å². The molecule has 12 heteroatoms. The number of nitrogens with one attached hydrogen (secondary N) is 2. The summed E-state index contributed by atoms with van der Waals surface area (Å²) < 4.78 is 43.9. The van der Waals surface area contributed by atoms with E-state index >= 15 is 0 Å². The van der Waals surface area contributed by atoms with Crippen LogP contribution >= 0.6 is 11.6 Å². The van der Waals surface area contributed by atoms with Gasteiger partial charge in [-0.25, -0.2) is 18.6 Å². The number of halogens is 1. The van der Waals surface area contributed by atoms with Crippen molar-refractivity contribution in [2.75, 3.05) is 18.4 Å². The molecule has 0 spiro atoms. The average molecular weight is 622 g/mol. The number of hydrogen-bond donors (Lipinski definition) is 2. The molecule has 2 N–H and O–H groups in total. The molecule has 4 aromatic carbocycles. The van der Waals surface area contributed by atoms with Crippen molar-refractivity contribution in [1.29, 1.82) is 0 Å². The van der Waals surface area contributed by atoms with Crippen LogP contribution in [0.2, 0.25) is 5.02 Å². The summed E-state index contributed by atoms with van der Waals surface area (Å²) in [6.07, 6.45) is 2.28. The highest BCUT2D eigenvalue weighted by atomic mass is 35.5. The fourth-order valence-electron chi connectivity index (χ4n) is 3.66. The zero-order valence-corrected chi connectivity index (χ0v) is 24.8. The smallest absolute Gasteiger partial charge is 0.343 e. The number of hydrazone groups is 1. The normalized spacial score (nSPS) is 11.1. The highest BCUT2D eigenvalue weighted by molar-refractivity contribution is 7.92. The van der Waals surface area contributed by atoms with Gasteiger partial charge >= 0.3 is 5.97 Å². The minimum atomic E-state index is -3.82. The lowest BCUT2D eigenvalue weighted by Crippen LogP contribution is -2.18. The molecule has 0 atom stereocenters. The van der Waals surface area contributed by atoms with E-state index in [1.807, 2.05) is 6.92 Å². The molecular formula is C31H28ClN3O7S. The fourth-order valence-corrected chi connectivity index (χ4v) is 4.85. The molecule has 222 valence electrons. The minimum absolute atomic E-state index is 0.0545. The summed E-state index contributed by atoms with van der Waals surface area (Å²) in [5.74, 6) is 0.112. The standard InChI is InChI=1S/C31H28ClN3O7S/c1-3-18-41-26-13-7-23(8-14-26)31(37)42-28-17-4-21(19-29(28)40-2)20-33-34-30(36)22-5-11-25(12-6-22)35-43(38,39)27-15-9-24(32)10-16-27/h4-17,19-20,35H,3,18H2,1-2H3,(H,34,36). The highest BCUT2D eigenvalue weighted by Gasteiger charge is 2.15. The van der Waals surface area contributed by atoms with Crippen LogP contribution in [0.1, 0.15) is 39.6 Å². The summed E-state index contributed by atoms with van der Waals surface area (Å²) in [4.78, 5) is 25.2. The van der Waals surface area contributed by atoms with Crippen LogP contribution in [0.15, 0.2) is 101 Å². The second-order valence-electron chi connectivity index (χ2n) is 9.01. The van der Waals surface area contributed by atoms with E-state index in [1.54, 1.807) is 42.5 Å². The molecule has 0 saturated heterocycles. The van der Waals surface area contributed by atoms with Crippen molar-refractivity contribution in [1.82, 2.24) is 5.43 Å². The van der Waals surface area contributed by atoms with Crippen LogP contribution in [0.4, 0.5) is 5.69 Å². The maximum Gasteiger partial charge on any atom is 0.343 e. The Morgan fingerprint density at radius 3 is 2.21 bits per heavy atom. The van der Waals surface area contributed by atoms with E-state index in [1.165, 1.54) is 61.9 Å². The third kappa shape index (κ3) is 8.57. The quantitative estimate of drug-likeness (QED) is 0.0868. The summed E-state index contributed by atoms with van der Waals surface area (Å²) in [6, 6.07) is 23.1. The van der Waals surface area contributed by atoms with Gasteiger partial charge in [0.2, 0.25) is 0 Å². The third-order valence-electron chi connectivity index (χ3n) is 5.86. The van der Waals surface area contributed by atoms with Gasteiger partial charge in [0.15, 0.2) is 11.5 Å².